The quantitative estimate of drug-likeness (QED) is 0.830. The first kappa shape index (κ1) is 15.4. The van der Waals surface area contributed by atoms with E-state index in [4.69, 9.17) is 4.74 Å². The van der Waals surface area contributed by atoms with Gasteiger partial charge in [0.15, 0.2) is 0 Å². The van der Waals surface area contributed by atoms with E-state index in [1.807, 2.05) is 43.3 Å². The number of aliphatic hydroxyl groups is 1. The fourth-order valence-corrected chi connectivity index (χ4v) is 1.93. The van der Waals surface area contributed by atoms with Crippen LogP contribution in [0.25, 0.3) is 5.57 Å². The molecule has 0 spiro atoms. The smallest absolute Gasteiger partial charge is 0.311 e. The maximum atomic E-state index is 11.7. The second-order valence-corrected chi connectivity index (χ2v) is 5.22. The summed E-state index contributed by atoms with van der Waals surface area (Å²) in [6.45, 7) is 5.24. The lowest BCUT2D eigenvalue weighted by molar-refractivity contribution is -0.153. The number of benzene rings is 1. The molecular weight excluding hydrogens is 240 g/mol. The summed E-state index contributed by atoms with van der Waals surface area (Å²) in [5, 5.41) is 10.0. The molecule has 0 fully saturated rings. The number of hydrogen-bond donors (Lipinski definition) is 1. The molecule has 0 aliphatic rings. The van der Waals surface area contributed by atoms with Crippen LogP contribution < -0.4 is 0 Å². The normalized spacial score (nSPS) is 14.1. The minimum Gasteiger partial charge on any atom is -0.469 e. The van der Waals surface area contributed by atoms with E-state index in [1.165, 1.54) is 7.11 Å². The Labute approximate surface area is 114 Å². The second-order valence-electron chi connectivity index (χ2n) is 5.22. The summed E-state index contributed by atoms with van der Waals surface area (Å²) in [6.07, 6.45) is 2.42. The molecule has 0 aromatic heterocycles. The van der Waals surface area contributed by atoms with E-state index >= 15 is 0 Å². The Kier molecular flexibility index (Phi) is 5.31. The van der Waals surface area contributed by atoms with Gasteiger partial charge in [-0.2, -0.15) is 0 Å². The van der Waals surface area contributed by atoms with E-state index in [0.29, 0.717) is 6.42 Å². The first-order valence-electron chi connectivity index (χ1n) is 6.38. The minimum atomic E-state index is -1.10. The fourth-order valence-electron chi connectivity index (χ4n) is 1.93. The van der Waals surface area contributed by atoms with Gasteiger partial charge < -0.3 is 9.84 Å². The number of hydrogen-bond acceptors (Lipinski definition) is 3. The maximum Gasteiger partial charge on any atom is 0.311 e. The molecule has 1 atom stereocenters. The Morgan fingerprint density at radius 1 is 1.37 bits per heavy atom. The lowest BCUT2D eigenvalue weighted by Crippen LogP contribution is -2.37. The first-order chi connectivity index (χ1) is 8.86. The van der Waals surface area contributed by atoms with Crippen molar-refractivity contribution >= 4 is 11.5 Å². The molecule has 0 heterocycles. The molecule has 0 amide bonds. The van der Waals surface area contributed by atoms with Crippen LogP contribution in [0.4, 0.5) is 0 Å². The van der Waals surface area contributed by atoms with Gasteiger partial charge in [0.1, 0.15) is 0 Å². The maximum absolute atomic E-state index is 11.7. The van der Waals surface area contributed by atoms with Gasteiger partial charge >= 0.3 is 5.97 Å². The highest BCUT2D eigenvalue weighted by Crippen LogP contribution is 2.24. The van der Waals surface area contributed by atoms with Gasteiger partial charge in [0.05, 0.1) is 18.6 Å². The lowest BCUT2D eigenvalue weighted by Gasteiger charge is -2.26. The average Bonchev–Trinajstić information content (AvgIpc) is 2.37. The molecule has 1 aromatic carbocycles. The molecule has 0 bridgehead atoms. The number of carbonyl (C=O) groups excluding carboxylic acids is 1. The van der Waals surface area contributed by atoms with Crippen LogP contribution in [0.3, 0.4) is 0 Å². The summed E-state index contributed by atoms with van der Waals surface area (Å²) in [5.41, 5.74) is 1.10. The van der Waals surface area contributed by atoms with Crippen LogP contribution in [0.5, 0.6) is 0 Å². The molecule has 19 heavy (non-hydrogen) atoms. The van der Waals surface area contributed by atoms with Crippen molar-refractivity contribution in [3.63, 3.8) is 0 Å². The van der Waals surface area contributed by atoms with Crippen LogP contribution in [0.2, 0.25) is 0 Å². The Morgan fingerprint density at radius 2 is 1.95 bits per heavy atom. The number of methoxy groups -OCH3 is 1. The van der Waals surface area contributed by atoms with Crippen LogP contribution in [0.15, 0.2) is 36.4 Å². The molecule has 0 saturated heterocycles. The molecule has 0 radical (unpaired) electrons. The van der Waals surface area contributed by atoms with Crippen molar-refractivity contribution in [1.82, 2.24) is 0 Å². The zero-order valence-corrected chi connectivity index (χ0v) is 12.0. The average molecular weight is 262 g/mol. The van der Waals surface area contributed by atoms with E-state index in [1.54, 1.807) is 13.8 Å². The fraction of sp³-hybridized carbons (Fsp3) is 0.438. The summed E-state index contributed by atoms with van der Waals surface area (Å²) >= 11 is 0. The minimum absolute atomic E-state index is 0.385. The molecular formula is C16H22O3. The molecule has 0 aliphatic heterocycles. The largest absolute Gasteiger partial charge is 0.469 e. The number of rotatable bonds is 5. The van der Waals surface area contributed by atoms with Gasteiger partial charge in [-0.15, -0.1) is 0 Å². The van der Waals surface area contributed by atoms with Gasteiger partial charge in [0, 0.05) is 0 Å². The molecule has 1 unspecified atom stereocenters. The Morgan fingerprint density at radius 3 is 2.42 bits per heavy atom. The van der Waals surface area contributed by atoms with Crippen LogP contribution in [-0.2, 0) is 9.53 Å². The summed E-state index contributed by atoms with van der Waals surface area (Å²) in [5.74, 6) is -0.944. The van der Waals surface area contributed by atoms with Crippen molar-refractivity contribution in [2.75, 3.05) is 7.11 Å². The Hall–Kier alpha value is -1.61. The molecule has 3 heteroatoms. The van der Waals surface area contributed by atoms with Gasteiger partial charge in [0.25, 0.3) is 0 Å². The zero-order valence-electron chi connectivity index (χ0n) is 12.0. The summed E-state index contributed by atoms with van der Waals surface area (Å²) in [6, 6.07) is 9.94. The third-order valence-corrected chi connectivity index (χ3v) is 3.23. The van der Waals surface area contributed by atoms with Crippen molar-refractivity contribution in [2.24, 2.45) is 5.92 Å². The van der Waals surface area contributed by atoms with Crippen LogP contribution in [-0.4, -0.2) is 23.8 Å². The molecule has 3 nitrogen and oxygen atoms in total. The van der Waals surface area contributed by atoms with Crippen molar-refractivity contribution in [3.8, 4) is 0 Å². The van der Waals surface area contributed by atoms with E-state index in [0.717, 1.165) is 11.1 Å². The van der Waals surface area contributed by atoms with Crippen LogP contribution in [0, 0.1) is 5.92 Å². The van der Waals surface area contributed by atoms with Gasteiger partial charge in [0.2, 0.25) is 0 Å². The molecule has 0 aliphatic carbocycles. The van der Waals surface area contributed by atoms with Gasteiger partial charge in [-0.1, -0.05) is 36.4 Å². The molecule has 1 N–H and O–H groups in total. The molecule has 1 aromatic rings. The number of ether oxygens (including phenoxy) is 1. The summed E-state index contributed by atoms with van der Waals surface area (Å²) < 4.78 is 4.75. The van der Waals surface area contributed by atoms with E-state index in [9.17, 15) is 9.90 Å². The highest BCUT2D eigenvalue weighted by atomic mass is 16.5. The van der Waals surface area contributed by atoms with Gasteiger partial charge in [-0.25, -0.2) is 0 Å². The third-order valence-electron chi connectivity index (χ3n) is 3.23. The Balaban J connectivity index is 2.84. The second kappa shape index (κ2) is 6.53. The predicted molar refractivity (Wildman–Crippen MR) is 76.5 cm³/mol. The van der Waals surface area contributed by atoms with E-state index in [-0.39, 0.29) is 5.97 Å². The van der Waals surface area contributed by atoms with E-state index in [2.05, 4.69) is 0 Å². The molecule has 0 saturated carbocycles. The number of allylic oxidation sites excluding steroid dienone is 2. The number of esters is 1. The van der Waals surface area contributed by atoms with Crippen LogP contribution in [0.1, 0.15) is 32.8 Å². The summed E-state index contributed by atoms with van der Waals surface area (Å²) in [4.78, 5) is 11.7. The van der Waals surface area contributed by atoms with Gasteiger partial charge in [-0.3, -0.25) is 4.79 Å². The highest BCUT2D eigenvalue weighted by Gasteiger charge is 2.33. The molecule has 1 rings (SSSR count). The van der Waals surface area contributed by atoms with Gasteiger partial charge in [-0.05, 0) is 38.3 Å². The van der Waals surface area contributed by atoms with Crippen molar-refractivity contribution in [3.05, 3.63) is 42.0 Å². The topological polar surface area (TPSA) is 46.5 Å². The number of carbonyl (C=O) groups is 1. The highest BCUT2D eigenvalue weighted by molar-refractivity contribution is 5.74. The third kappa shape index (κ3) is 4.52. The van der Waals surface area contributed by atoms with E-state index < -0.39 is 11.5 Å². The summed E-state index contributed by atoms with van der Waals surface area (Å²) in [7, 11) is 1.34. The van der Waals surface area contributed by atoms with Crippen molar-refractivity contribution in [2.45, 2.75) is 32.8 Å². The Bertz CT molecular complexity index is 441. The van der Waals surface area contributed by atoms with Crippen molar-refractivity contribution < 1.29 is 14.6 Å². The van der Waals surface area contributed by atoms with Crippen molar-refractivity contribution in [1.29, 1.82) is 0 Å². The monoisotopic (exact) mass is 262 g/mol. The van der Waals surface area contributed by atoms with Crippen LogP contribution >= 0.6 is 0 Å². The predicted octanol–water partition coefficient (Wildman–Crippen LogP) is 3.04. The standard InChI is InChI=1S/C16H22O3/c1-12(13-8-6-5-7-9-13)10-11-14(15(17)19-4)16(2,3)18/h5-10,14,18H,11H2,1-4H3/b12-10+. The molecule has 104 valence electrons. The lowest BCUT2D eigenvalue weighted by atomic mass is 9.87. The first-order valence-corrected chi connectivity index (χ1v) is 6.38. The zero-order chi connectivity index (χ0) is 14.5. The SMILES string of the molecule is COC(=O)C(C/C=C(\C)c1ccccc1)C(C)(C)O.